The molecule has 3 aliphatic heterocycles. The van der Waals surface area contributed by atoms with E-state index in [0.29, 0.717) is 5.92 Å². The third-order valence-corrected chi connectivity index (χ3v) is 6.79. The highest BCUT2D eigenvalue weighted by molar-refractivity contribution is 6.41. The molecule has 0 spiro atoms. The molecule has 0 bridgehead atoms. The Kier molecular flexibility index (Phi) is 7.24. The summed E-state index contributed by atoms with van der Waals surface area (Å²) in [5, 5.41) is 7.12. The monoisotopic (exact) mass is 531 g/mol. The molecular weight excluding hydrogens is 507 g/mol. The number of aryl methyl sites for hydroxylation is 2. The Morgan fingerprint density at radius 3 is 2.30 bits per heavy atom. The summed E-state index contributed by atoms with van der Waals surface area (Å²) in [5.74, 6) is -5.65. The molecule has 2 aromatic carbocycles. The molecule has 0 aliphatic carbocycles. The highest BCUT2D eigenvalue weighted by Gasteiger charge is 2.54. The van der Waals surface area contributed by atoms with Crippen molar-refractivity contribution in [3.05, 3.63) is 52.8 Å². The Bertz CT molecular complexity index is 1190. The van der Waals surface area contributed by atoms with Gasteiger partial charge in [-0.1, -0.05) is 0 Å². The molecule has 2 aromatic rings. The maximum Gasteiger partial charge on any atom is 0.458 e. The van der Waals surface area contributed by atoms with Gasteiger partial charge in [0.1, 0.15) is 5.82 Å². The number of benzene rings is 2. The van der Waals surface area contributed by atoms with E-state index < -0.39 is 23.9 Å². The number of carbonyl (C=O) groups is 2. The van der Waals surface area contributed by atoms with Crippen LogP contribution in [0.3, 0.4) is 0 Å². The minimum Gasteiger partial charge on any atom is -0.371 e. The van der Waals surface area contributed by atoms with Crippen LogP contribution in [0.2, 0.25) is 0 Å². The van der Waals surface area contributed by atoms with Crippen LogP contribution in [0.15, 0.2) is 30.3 Å². The van der Waals surface area contributed by atoms with Gasteiger partial charge in [-0.2, -0.15) is 26.3 Å². The van der Waals surface area contributed by atoms with Gasteiger partial charge in [-0.15, -0.1) is 0 Å². The number of hydrogen-bond acceptors (Lipinski definition) is 5. The van der Waals surface area contributed by atoms with Crippen molar-refractivity contribution in [2.24, 2.45) is 5.92 Å². The zero-order valence-corrected chi connectivity index (χ0v) is 19.7. The number of rotatable bonds is 3. The number of Topliss-reactive ketones (excluding diaryl/α,β-unsaturated/α-hetero) is 2. The molecule has 200 valence electrons. The first kappa shape index (κ1) is 26.9. The van der Waals surface area contributed by atoms with E-state index in [4.69, 9.17) is 0 Å². The second kappa shape index (κ2) is 9.96. The van der Waals surface area contributed by atoms with Gasteiger partial charge >= 0.3 is 23.9 Å². The van der Waals surface area contributed by atoms with E-state index in [1.54, 1.807) is 6.07 Å². The summed E-state index contributed by atoms with van der Waals surface area (Å²) in [6.45, 7) is 6.55. The van der Waals surface area contributed by atoms with Crippen LogP contribution in [-0.4, -0.2) is 50.1 Å². The van der Waals surface area contributed by atoms with Crippen molar-refractivity contribution in [3.63, 3.8) is 0 Å². The van der Waals surface area contributed by atoms with Crippen molar-refractivity contribution >= 4 is 28.6 Å². The molecule has 1 fully saturated rings. The van der Waals surface area contributed by atoms with E-state index in [9.17, 15) is 40.3 Å². The predicted octanol–water partition coefficient (Wildman–Crippen LogP) is 5.20. The van der Waals surface area contributed by atoms with Gasteiger partial charge in [0, 0.05) is 49.2 Å². The molecule has 0 aromatic heterocycles. The lowest BCUT2D eigenvalue weighted by Crippen LogP contribution is -2.41. The zero-order valence-electron chi connectivity index (χ0n) is 19.7. The number of hydrogen-bond donors (Lipinski definition) is 2. The van der Waals surface area contributed by atoms with E-state index in [2.05, 4.69) is 27.7 Å². The number of carbonyl (C=O) groups excluding carboxylic acids is 2. The maximum absolute atomic E-state index is 13.4. The predicted molar refractivity (Wildman–Crippen MR) is 123 cm³/mol. The molecule has 37 heavy (non-hydrogen) atoms. The number of ketones is 2. The van der Waals surface area contributed by atoms with Crippen molar-refractivity contribution in [3.8, 4) is 0 Å². The van der Waals surface area contributed by atoms with Crippen molar-refractivity contribution in [1.82, 2.24) is 5.32 Å². The average Bonchev–Trinajstić information content (AvgIpc) is 3.28. The van der Waals surface area contributed by atoms with E-state index >= 15 is 0 Å². The molecule has 0 saturated carbocycles. The fourth-order valence-electron chi connectivity index (χ4n) is 5.16. The fourth-order valence-corrected chi connectivity index (χ4v) is 5.16. The third-order valence-electron chi connectivity index (χ3n) is 6.79. The Hall–Kier alpha value is -3.15. The van der Waals surface area contributed by atoms with E-state index in [1.165, 1.54) is 42.4 Å². The van der Waals surface area contributed by atoms with Crippen LogP contribution in [-0.2, 0) is 16.0 Å². The number of nitrogens with zero attached hydrogens (tertiary/aromatic N) is 1. The summed E-state index contributed by atoms with van der Waals surface area (Å²) in [4.78, 5) is 21.8. The van der Waals surface area contributed by atoms with Gasteiger partial charge in [0.15, 0.2) is 0 Å². The summed E-state index contributed by atoms with van der Waals surface area (Å²) in [7, 11) is 0. The number of halogens is 7. The molecular formula is C25H24F7N3O2. The van der Waals surface area contributed by atoms with Crippen LogP contribution < -0.4 is 15.5 Å². The average molecular weight is 531 g/mol. The first-order valence-corrected chi connectivity index (χ1v) is 11.6. The highest BCUT2D eigenvalue weighted by atomic mass is 19.4. The molecule has 5 nitrogen and oxygen atoms in total. The van der Waals surface area contributed by atoms with Crippen molar-refractivity contribution in [2.45, 2.75) is 38.0 Å². The summed E-state index contributed by atoms with van der Waals surface area (Å²) in [6.07, 6.45) is -9.16. The van der Waals surface area contributed by atoms with E-state index in [1.807, 2.05) is 13.0 Å². The lowest BCUT2D eigenvalue weighted by molar-refractivity contribution is -0.193. The SMILES string of the molecule is Cc1cc(F)ccc1Nc1cc2c3c(c1)[C@@H]1CNC[C@@H]1CN3CCC2.O=C(C(=O)C(F)(F)F)C(F)(F)F. The van der Waals surface area contributed by atoms with Crippen molar-refractivity contribution in [2.75, 3.05) is 36.4 Å². The summed E-state index contributed by atoms with van der Waals surface area (Å²) >= 11 is 0. The number of nitrogens with one attached hydrogen (secondary N) is 2. The third kappa shape index (κ3) is 5.73. The fraction of sp³-hybridized carbons (Fsp3) is 0.440. The first-order valence-electron chi connectivity index (χ1n) is 11.6. The van der Waals surface area contributed by atoms with Gasteiger partial charge in [0.2, 0.25) is 0 Å². The van der Waals surface area contributed by atoms with Crippen LogP contribution in [0, 0.1) is 18.7 Å². The van der Waals surface area contributed by atoms with Crippen molar-refractivity contribution < 1.29 is 40.3 Å². The number of fused-ring (bicyclic) bond motifs is 2. The quantitative estimate of drug-likeness (QED) is 0.422. The zero-order chi connectivity index (χ0) is 27.1. The lowest BCUT2D eigenvalue weighted by Gasteiger charge is -2.42. The molecule has 12 heteroatoms. The van der Waals surface area contributed by atoms with Crippen LogP contribution in [0.4, 0.5) is 47.8 Å². The molecule has 0 amide bonds. The highest BCUT2D eigenvalue weighted by Crippen LogP contribution is 2.46. The summed E-state index contributed by atoms with van der Waals surface area (Å²) in [5.41, 5.74) is 7.53. The molecule has 3 heterocycles. The normalized spacial score (nSPS) is 20.4. The first-order chi connectivity index (χ1) is 17.3. The van der Waals surface area contributed by atoms with Crippen LogP contribution in [0.5, 0.6) is 0 Å². The second-order valence-corrected chi connectivity index (χ2v) is 9.39. The Morgan fingerprint density at radius 1 is 1.00 bits per heavy atom. The van der Waals surface area contributed by atoms with Crippen LogP contribution in [0.25, 0.3) is 0 Å². The summed E-state index contributed by atoms with van der Waals surface area (Å²) < 4.78 is 80.3. The van der Waals surface area contributed by atoms with Gasteiger partial charge in [0.05, 0.1) is 0 Å². The van der Waals surface area contributed by atoms with Crippen molar-refractivity contribution in [1.29, 1.82) is 0 Å². The van der Waals surface area contributed by atoms with Gasteiger partial charge in [-0.3, -0.25) is 9.59 Å². The standard InChI is InChI=1S/C21H24FN3.C4F6O2/c1-13-7-16(22)4-5-20(13)24-17-8-14-3-2-6-25-12-15-10-23-11-19(15)18(9-17)21(14)25;5-3(6,7)1(11)2(12)4(8,9)10/h4-5,7-9,15,19,23-24H,2-3,6,10-12H2,1H3;/t15-,19-;/m1./s1. The Balaban J connectivity index is 0.000000229. The Labute approximate surface area is 208 Å². The molecule has 2 atom stereocenters. The lowest BCUT2D eigenvalue weighted by atomic mass is 9.80. The molecule has 0 unspecified atom stereocenters. The topological polar surface area (TPSA) is 61.4 Å². The van der Waals surface area contributed by atoms with Crippen LogP contribution in [0.1, 0.15) is 29.0 Å². The van der Waals surface area contributed by atoms with Crippen LogP contribution >= 0.6 is 0 Å². The Morgan fingerprint density at radius 2 is 1.68 bits per heavy atom. The smallest absolute Gasteiger partial charge is 0.371 e. The molecule has 5 rings (SSSR count). The molecule has 3 aliphatic rings. The minimum atomic E-state index is -5.77. The molecule has 1 saturated heterocycles. The summed E-state index contributed by atoms with van der Waals surface area (Å²) in [6, 6.07) is 9.59. The minimum absolute atomic E-state index is 0.181. The van der Waals surface area contributed by atoms with E-state index in [0.717, 1.165) is 42.4 Å². The van der Waals surface area contributed by atoms with Gasteiger partial charge in [-0.05, 0) is 72.7 Å². The van der Waals surface area contributed by atoms with Gasteiger partial charge < -0.3 is 15.5 Å². The number of alkyl halides is 6. The molecule has 0 radical (unpaired) electrons. The number of anilines is 3. The van der Waals surface area contributed by atoms with E-state index in [-0.39, 0.29) is 5.82 Å². The second-order valence-electron chi connectivity index (χ2n) is 9.39. The van der Waals surface area contributed by atoms with Gasteiger partial charge in [-0.25, -0.2) is 4.39 Å². The largest absolute Gasteiger partial charge is 0.458 e. The maximum atomic E-state index is 13.4. The van der Waals surface area contributed by atoms with Gasteiger partial charge in [0.25, 0.3) is 0 Å². The molecule has 2 N–H and O–H groups in total.